The summed E-state index contributed by atoms with van der Waals surface area (Å²) in [7, 11) is 1.95. The van der Waals surface area contributed by atoms with Crippen LogP contribution in [0.2, 0.25) is 0 Å². The molecule has 0 aliphatic rings. The zero-order chi connectivity index (χ0) is 10.3. The number of aryl methyl sites for hydroxylation is 3. The molecule has 2 aromatic rings. The number of aromatic nitrogens is 2. The van der Waals surface area contributed by atoms with Gasteiger partial charge < -0.3 is 4.98 Å². The van der Waals surface area contributed by atoms with E-state index >= 15 is 0 Å². The van der Waals surface area contributed by atoms with Crippen molar-refractivity contribution < 1.29 is 4.57 Å². The van der Waals surface area contributed by atoms with E-state index in [1.165, 1.54) is 0 Å². The van der Waals surface area contributed by atoms with Gasteiger partial charge in [-0.2, -0.15) is 0 Å². The summed E-state index contributed by atoms with van der Waals surface area (Å²) in [5.74, 6) is 0. The molecule has 0 atom stereocenters. The highest BCUT2D eigenvalue weighted by molar-refractivity contribution is 5.77. The van der Waals surface area contributed by atoms with E-state index in [-0.39, 0.29) is 5.56 Å². The molecule has 3 nitrogen and oxygen atoms in total. The van der Waals surface area contributed by atoms with E-state index < -0.39 is 0 Å². The predicted octanol–water partition coefficient (Wildman–Crippen LogP) is 0.969. The van der Waals surface area contributed by atoms with Crippen LogP contribution in [0.3, 0.4) is 0 Å². The molecule has 0 aliphatic carbocycles. The van der Waals surface area contributed by atoms with E-state index in [1.54, 1.807) is 0 Å². The average Bonchev–Trinajstić information content (AvgIpc) is 2.14. The van der Waals surface area contributed by atoms with Crippen LogP contribution in [0.5, 0.6) is 0 Å². The third kappa shape index (κ3) is 1.13. The normalized spacial score (nSPS) is 10.8. The molecule has 0 saturated heterocycles. The quantitative estimate of drug-likeness (QED) is 0.616. The molecule has 0 fully saturated rings. The molecule has 1 N–H and O–H groups in total. The Bertz CT molecular complexity index is 555. The first-order valence-corrected chi connectivity index (χ1v) is 4.59. The third-order valence-electron chi connectivity index (χ3n) is 2.64. The fraction of sp³-hybridized carbons (Fsp3) is 0.273. The van der Waals surface area contributed by atoms with Gasteiger partial charge in [0.05, 0.1) is 0 Å². The molecule has 0 unspecified atom stereocenters. The van der Waals surface area contributed by atoms with E-state index in [0.717, 1.165) is 22.2 Å². The van der Waals surface area contributed by atoms with Crippen molar-refractivity contribution >= 4 is 10.9 Å². The van der Waals surface area contributed by atoms with Crippen molar-refractivity contribution in [3.8, 4) is 0 Å². The number of pyridine rings is 2. The van der Waals surface area contributed by atoms with Crippen molar-refractivity contribution in [1.29, 1.82) is 0 Å². The molecule has 0 saturated carbocycles. The molecule has 2 heterocycles. The van der Waals surface area contributed by atoms with Crippen molar-refractivity contribution in [3.05, 3.63) is 39.9 Å². The van der Waals surface area contributed by atoms with Gasteiger partial charge in [0, 0.05) is 17.3 Å². The van der Waals surface area contributed by atoms with Gasteiger partial charge in [0.25, 0.3) is 5.56 Å². The topological polar surface area (TPSA) is 36.7 Å². The number of aromatic amines is 1. The molecule has 0 radical (unpaired) electrons. The maximum Gasteiger partial charge on any atom is 0.262 e. The second-order valence-corrected chi connectivity index (χ2v) is 3.59. The Morgan fingerprint density at radius 1 is 1.36 bits per heavy atom. The van der Waals surface area contributed by atoms with Gasteiger partial charge in [-0.25, -0.2) is 4.57 Å². The molecule has 72 valence electrons. The monoisotopic (exact) mass is 189 g/mol. The van der Waals surface area contributed by atoms with Crippen LogP contribution in [-0.2, 0) is 7.05 Å². The Balaban J connectivity index is 3.11. The minimum Gasteiger partial charge on any atom is -0.325 e. The van der Waals surface area contributed by atoms with Gasteiger partial charge in [0.1, 0.15) is 12.4 Å². The zero-order valence-electron chi connectivity index (χ0n) is 8.59. The number of hydrogen-bond acceptors (Lipinski definition) is 1. The van der Waals surface area contributed by atoms with E-state index in [1.807, 2.05) is 43.8 Å². The second-order valence-electron chi connectivity index (χ2n) is 3.59. The summed E-state index contributed by atoms with van der Waals surface area (Å²) in [5.41, 5.74) is 3.06. The van der Waals surface area contributed by atoms with Crippen molar-refractivity contribution in [2.24, 2.45) is 7.05 Å². The number of hydrogen-bond donors (Lipinski definition) is 1. The smallest absolute Gasteiger partial charge is 0.262 e. The van der Waals surface area contributed by atoms with Gasteiger partial charge in [-0.15, -0.1) is 0 Å². The molecular weight excluding hydrogens is 176 g/mol. The van der Waals surface area contributed by atoms with Crippen molar-refractivity contribution in [2.75, 3.05) is 0 Å². The molecule has 3 heteroatoms. The first kappa shape index (κ1) is 8.94. The summed E-state index contributed by atoms with van der Waals surface area (Å²) >= 11 is 0. The number of nitrogens with zero attached hydrogens (tertiary/aromatic N) is 1. The van der Waals surface area contributed by atoms with Gasteiger partial charge in [-0.05, 0) is 19.9 Å². The van der Waals surface area contributed by atoms with Gasteiger partial charge in [0.2, 0.25) is 5.52 Å². The fourth-order valence-electron chi connectivity index (χ4n) is 1.77. The highest BCUT2D eigenvalue weighted by atomic mass is 16.1. The van der Waals surface area contributed by atoms with Crippen LogP contribution in [-0.4, -0.2) is 4.98 Å². The fourth-order valence-corrected chi connectivity index (χ4v) is 1.77. The SMILES string of the molecule is Cc1[nH]c(=O)c2ccc[n+](C)c2c1C. The summed E-state index contributed by atoms with van der Waals surface area (Å²) in [4.78, 5) is 14.5. The minimum atomic E-state index is -0.0145. The van der Waals surface area contributed by atoms with Crippen LogP contribution in [0.25, 0.3) is 10.9 Å². The van der Waals surface area contributed by atoms with Gasteiger partial charge in [0.15, 0.2) is 6.20 Å². The van der Waals surface area contributed by atoms with Gasteiger partial charge in [-0.3, -0.25) is 4.79 Å². The number of rotatable bonds is 0. The minimum absolute atomic E-state index is 0.0145. The Hall–Kier alpha value is -1.64. The molecule has 2 rings (SSSR count). The highest BCUT2D eigenvalue weighted by Gasteiger charge is 2.12. The largest absolute Gasteiger partial charge is 0.325 e. The maximum atomic E-state index is 11.6. The average molecular weight is 189 g/mol. The molecule has 0 spiro atoms. The lowest BCUT2D eigenvalue weighted by Crippen LogP contribution is -2.31. The second kappa shape index (κ2) is 2.94. The number of H-pyrrole nitrogens is 1. The molecule has 0 bridgehead atoms. The van der Waals surface area contributed by atoms with Gasteiger partial charge in [-0.1, -0.05) is 0 Å². The molecule has 14 heavy (non-hydrogen) atoms. The van der Waals surface area contributed by atoms with Crippen LogP contribution >= 0.6 is 0 Å². The Morgan fingerprint density at radius 3 is 2.79 bits per heavy atom. The Labute approximate surface area is 82.0 Å². The lowest BCUT2D eigenvalue weighted by atomic mass is 10.1. The predicted molar refractivity (Wildman–Crippen MR) is 55.2 cm³/mol. The molecule has 0 aliphatic heterocycles. The first-order valence-electron chi connectivity index (χ1n) is 4.59. The lowest BCUT2D eigenvalue weighted by Gasteiger charge is -2.02. The first-order chi connectivity index (χ1) is 6.61. The summed E-state index contributed by atoms with van der Waals surface area (Å²) in [6.45, 7) is 3.94. The molecule has 0 amide bonds. The van der Waals surface area contributed by atoms with Crippen LogP contribution in [0.1, 0.15) is 11.3 Å². The van der Waals surface area contributed by atoms with Crippen molar-refractivity contribution in [3.63, 3.8) is 0 Å². The number of nitrogens with one attached hydrogen (secondary N) is 1. The summed E-state index contributed by atoms with van der Waals surface area (Å²) in [6, 6.07) is 3.73. The van der Waals surface area contributed by atoms with E-state index in [0.29, 0.717) is 0 Å². The van der Waals surface area contributed by atoms with E-state index in [9.17, 15) is 4.79 Å². The van der Waals surface area contributed by atoms with Crippen LogP contribution in [0.15, 0.2) is 23.1 Å². The lowest BCUT2D eigenvalue weighted by molar-refractivity contribution is -0.645. The third-order valence-corrected chi connectivity index (χ3v) is 2.64. The molecule has 2 aromatic heterocycles. The van der Waals surface area contributed by atoms with Crippen LogP contribution in [0, 0.1) is 13.8 Å². The maximum absolute atomic E-state index is 11.6. The summed E-state index contributed by atoms with van der Waals surface area (Å²) < 4.78 is 1.98. The standard InChI is InChI=1S/C11H12N2O/c1-7-8(2)12-11(14)9-5-4-6-13(3)10(7)9/h4-6H,1-3H3/p+1. The Kier molecular flexibility index (Phi) is 1.88. The van der Waals surface area contributed by atoms with Crippen LogP contribution < -0.4 is 10.1 Å². The molecular formula is C11H13N2O+. The Morgan fingerprint density at radius 2 is 2.07 bits per heavy atom. The van der Waals surface area contributed by atoms with E-state index in [4.69, 9.17) is 0 Å². The number of fused-ring (bicyclic) bond motifs is 1. The van der Waals surface area contributed by atoms with Gasteiger partial charge >= 0.3 is 0 Å². The van der Waals surface area contributed by atoms with E-state index in [2.05, 4.69) is 4.98 Å². The molecule has 0 aromatic carbocycles. The summed E-state index contributed by atoms with van der Waals surface area (Å²) in [6.07, 6.45) is 1.95. The van der Waals surface area contributed by atoms with Crippen molar-refractivity contribution in [2.45, 2.75) is 13.8 Å². The summed E-state index contributed by atoms with van der Waals surface area (Å²) in [5, 5.41) is 0.748. The zero-order valence-corrected chi connectivity index (χ0v) is 8.59. The highest BCUT2D eigenvalue weighted by Crippen LogP contribution is 2.11. The van der Waals surface area contributed by atoms with Crippen LogP contribution in [0.4, 0.5) is 0 Å². The van der Waals surface area contributed by atoms with Crippen molar-refractivity contribution in [1.82, 2.24) is 4.98 Å².